The Hall–Kier alpha value is -2.34. The normalized spacial score (nSPS) is 18.2. The lowest BCUT2D eigenvalue weighted by atomic mass is 10.2. The number of carbonyl (C=O) groups excluding carboxylic acids is 2. The molecule has 1 saturated heterocycles. The van der Waals surface area contributed by atoms with E-state index in [2.05, 4.69) is 4.99 Å². The molecule has 4 rings (SSSR count). The van der Waals surface area contributed by atoms with Gasteiger partial charge in [0.15, 0.2) is 4.80 Å². The fourth-order valence-corrected chi connectivity index (χ4v) is 7.29. The number of methoxy groups -OCH3 is 1. The number of sulfonamides is 1. The number of esters is 1. The third kappa shape index (κ3) is 3.62. The van der Waals surface area contributed by atoms with Gasteiger partial charge in [-0.1, -0.05) is 17.4 Å². The Bertz CT molecular complexity index is 1290. The van der Waals surface area contributed by atoms with E-state index in [1.165, 1.54) is 22.8 Å². The third-order valence-corrected chi connectivity index (χ3v) is 9.36. The van der Waals surface area contributed by atoms with Gasteiger partial charge in [0.2, 0.25) is 0 Å². The van der Waals surface area contributed by atoms with Crippen LogP contribution >= 0.6 is 22.7 Å². The van der Waals surface area contributed by atoms with Gasteiger partial charge in [0.25, 0.3) is 15.9 Å². The second-order valence-electron chi connectivity index (χ2n) is 6.77. The molecule has 2 aromatic heterocycles. The minimum absolute atomic E-state index is 0.227. The van der Waals surface area contributed by atoms with Gasteiger partial charge in [0.05, 0.1) is 22.9 Å². The average Bonchev–Trinajstić information content (AvgIpc) is 3.48. The van der Waals surface area contributed by atoms with E-state index >= 15 is 0 Å². The maximum absolute atomic E-state index is 12.9. The maximum atomic E-state index is 12.9. The van der Waals surface area contributed by atoms with E-state index in [0.29, 0.717) is 29.8 Å². The van der Waals surface area contributed by atoms with E-state index in [-0.39, 0.29) is 4.21 Å². The quantitative estimate of drug-likeness (QED) is 0.551. The van der Waals surface area contributed by atoms with E-state index in [1.54, 1.807) is 47.3 Å². The molecule has 11 heteroatoms. The summed E-state index contributed by atoms with van der Waals surface area (Å²) in [6.45, 7) is 0.299. The Balaban J connectivity index is 1.69. The van der Waals surface area contributed by atoms with Crippen LogP contribution < -0.4 is 4.80 Å². The van der Waals surface area contributed by atoms with E-state index in [1.807, 2.05) is 0 Å². The van der Waals surface area contributed by atoms with Crippen LogP contribution in [0.4, 0.5) is 0 Å². The largest absolute Gasteiger partial charge is 0.465 e. The number of fused-ring (bicyclic) bond motifs is 1. The Morgan fingerprint density at radius 2 is 2.07 bits per heavy atom. The monoisotopic (exact) mass is 465 g/mol. The standard InChI is InChI=1S/C19H19N3O5S3/c1-21-13-8-7-12(18(24)27-2)11-15(13)29-19(21)20-17(23)14-5-3-9-22(14)30(25,26)16-6-4-10-28-16/h4,6-8,10-11,14H,3,5,9H2,1-2H3. The first-order valence-corrected chi connectivity index (χ1v) is 12.3. The first-order chi connectivity index (χ1) is 14.3. The van der Waals surface area contributed by atoms with Crippen molar-refractivity contribution in [3.8, 4) is 0 Å². The topological polar surface area (TPSA) is 98.0 Å². The zero-order valence-corrected chi connectivity index (χ0v) is 18.7. The molecule has 1 unspecified atom stereocenters. The molecule has 1 aromatic carbocycles. The highest BCUT2D eigenvalue weighted by molar-refractivity contribution is 7.91. The number of carbonyl (C=O) groups is 2. The molecule has 0 aliphatic carbocycles. The predicted octanol–water partition coefficient (Wildman–Crippen LogP) is 2.37. The van der Waals surface area contributed by atoms with Crippen molar-refractivity contribution in [1.29, 1.82) is 0 Å². The molecule has 1 amide bonds. The SMILES string of the molecule is COC(=O)c1ccc2c(c1)sc(=NC(=O)C1CCCN1S(=O)(=O)c1cccs1)n2C. The number of rotatable bonds is 4. The van der Waals surface area contributed by atoms with Crippen LogP contribution in [0, 0.1) is 0 Å². The summed E-state index contributed by atoms with van der Waals surface area (Å²) in [5.74, 6) is -0.925. The van der Waals surface area contributed by atoms with Gasteiger partial charge in [-0.05, 0) is 42.5 Å². The highest BCUT2D eigenvalue weighted by atomic mass is 32.2. The van der Waals surface area contributed by atoms with Crippen LogP contribution in [0.25, 0.3) is 10.2 Å². The van der Waals surface area contributed by atoms with Gasteiger partial charge in [-0.2, -0.15) is 9.30 Å². The summed E-state index contributed by atoms with van der Waals surface area (Å²) >= 11 is 2.40. The minimum atomic E-state index is -3.72. The van der Waals surface area contributed by atoms with Crippen LogP contribution in [0.1, 0.15) is 23.2 Å². The van der Waals surface area contributed by atoms with Gasteiger partial charge in [-0.25, -0.2) is 13.2 Å². The number of thiazole rings is 1. The van der Waals surface area contributed by atoms with Crippen molar-refractivity contribution in [2.45, 2.75) is 23.1 Å². The number of thiophene rings is 1. The van der Waals surface area contributed by atoms with Crippen LogP contribution in [0.15, 0.2) is 44.9 Å². The fraction of sp³-hybridized carbons (Fsp3) is 0.316. The average molecular weight is 466 g/mol. The van der Waals surface area contributed by atoms with Crippen molar-refractivity contribution in [3.05, 3.63) is 46.1 Å². The second-order valence-corrected chi connectivity index (χ2v) is 10.8. The maximum Gasteiger partial charge on any atom is 0.337 e. The van der Waals surface area contributed by atoms with Crippen LogP contribution in [0.3, 0.4) is 0 Å². The van der Waals surface area contributed by atoms with Gasteiger partial charge in [-0.15, -0.1) is 11.3 Å². The van der Waals surface area contributed by atoms with Gasteiger partial charge >= 0.3 is 5.97 Å². The molecule has 1 atom stereocenters. The smallest absolute Gasteiger partial charge is 0.337 e. The first-order valence-electron chi connectivity index (χ1n) is 9.15. The first kappa shape index (κ1) is 20.9. The number of aryl methyl sites for hydroxylation is 1. The minimum Gasteiger partial charge on any atom is -0.465 e. The van der Waals surface area contributed by atoms with Gasteiger partial charge < -0.3 is 9.30 Å². The fourth-order valence-electron chi connectivity index (χ4n) is 3.45. The van der Waals surface area contributed by atoms with Crippen LogP contribution in [0.5, 0.6) is 0 Å². The Morgan fingerprint density at radius 3 is 2.77 bits per heavy atom. The molecule has 3 aromatic rings. The van der Waals surface area contributed by atoms with Crippen molar-refractivity contribution in [1.82, 2.24) is 8.87 Å². The molecular formula is C19H19N3O5S3. The van der Waals surface area contributed by atoms with Gasteiger partial charge in [0, 0.05) is 13.6 Å². The van der Waals surface area contributed by atoms with Crippen molar-refractivity contribution in [2.75, 3.05) is 13.7 Å². The summed E-state index contributed by atoms with van der Waals surface area (Å²) < 4.78 is 34.6. The number of hydrogen-bond acceptors (Lipinski definition) is 7. The number of nitrogens with zero attached hydrogens (tertiary/aromatic N) is 3. The molecule has 0 bridgehead atoms. The molecule has 158 valence electrons. The molecule has 1 fully saturated rings. The number of benzene rings is 1. The summed E-state index contributed by atoms with van der Waals surface area (Å²) in [4.78, 5) is 29.4. The summed E-state index contributed by atoms with van der Waals surface area (Å²) in [6.07, 6.45) is 1.05. The molecule has 0 radical (unpaired) electrons. The van der Waals surface area contributed by atoms with E-state index in [9.17, 15) is 18.0 Å². The van der Waals surface area contributed by atoms with Crippen LogP contribution in [-0.4, -0.2) is 48.9 Å². The number of ether oxygens (including phenoxy) is 1. The van der Waals surface area contributed by atoms with Crippen LogP contribution in [-0.2, 0) is 26.6 Å². The molecule has 30 heavy (non-hydrogen) atoms. The summed E-state index contributed by atoms with van der Waals surface area (Å²) in [5, 5.41) is 1.70. The Kier molecular flexibility index (Phi) is 5.62. The van der Waals surface area contributed by atoms with E-state index in [4.69, 9.17) is 4.74 Å². The molecular weight excluding hydrogens is 446 g/mol. The number of hydrogen-bond donors (Lipinski definition) is 0. The van der Waals surface area contributed by atoms with Crippen molar-refractivity contribution >= 4 is 54.8 Å². The summed E-state index contributed by atoms with van der Waals surface area (Å²) in [6, 6.07) is 7.52. The van der Waals surface area contributed by atoms with Crippen molar-refractivity contribution < 1.29 is 22.7 Å². The molecule has 3 heterocycles. The van der Waals surface area contributed by atoms with E-state index in [0.717, 1.165) is 21.6 Å². The lowest BCUT2D eigenvalue weighted by molar-refractivity contribution is -0.121. The lowest BCUT2D eigenvalue weighted by Crippen LogP contribution is -2.40. The molecule has 1 aliphatic heterocycles. The molecule has 1 aliphatic rings. The molecule has 8 nitrogen and oxygen atoms in total. The van der Waals surface area contributed by atoms with Gasteiger partial charge in [0.1, 0.15) is 10.3 Å². The highest BCUT2D eigenvalue weighted by Crippen LogP contribution is 2.29. The number of aromatic nitrogens is 1. The third-order valence-electron chi connectivity index (χ3n) is 4.98. The Morgan fingerprint density at radius 1 is 1.27 bits per heavy atom. The van der Waals surface area contributed by atoms with Crippen LogP contribution in [0.2, 0.25) is 0 Å². The summed E-state index contributed by atoms with van der Waals surface area (Å²) in [5.41, 5.74) is 1.22. The number of amides is 1. The lowest BCUT2D eigenvalue weighted by Gasteiger charge is -2.20. The zero-order valence-electron chi connectivity index (χ0n) is 16.3. The van der Waals surface area contributed by atoms with Gasteiger partial charge in [-0.3, -0.25) is 4.79 Å². The predicted molar refractivity (Wildman–Crippen MR) is 114 cm³/mol. The Labute approximate surface area is 181 Å². The molecule has 0 N–H and O–H groups in total. The zero-order chi connectivity index (χ0) is 21.5. The second kappa shape index (κ2) is 8.06. The molecule has 0 spiro atoms. The van der Waals surface area contributed by atoms with E-state index < -0.39 is 27.9 Å². The molecule has 0 saturated carbocycles. The summed E-state index contributed by atoms with van der Waals surface area (Å²) in [7, 11) is -0.626. The van der Waals surface area contributed by atoms with Crippen molar-refractivity contribution in [2.24, 2.45) is 12.0 Å². The highest BCUT2D eigenvalue weighted by Gasteiger charge is 2.39. The van der Waals surface area contributed by atoms with Crippen molar-refractivity contribution in [3.63, 3.8) is 0 Å².